The molecule has 0 bridgehead atoms. The standard InChI is InChI=1S/C27H22FN3O4S2/c1-14-4-5-15(2)19(12-14)23(32)21-22(20-11-6-16(3)35-20)31(25(34)24(21)33)26-29-30-27(37-26)36-13-17-7-9-18(28)10-8-17/h4-12,22,32H,13H2,1-3H3/b23-21+. The normalized spacial score (nSPS) is 17.1. The van der Waals surface area contributed by atoms with Gasteiger partial charge in [0.2, 0.25) is 5.13 Å². The Hall–Kier alpha value is -3.76. The third-order valence-corrected chi connectivity index (χ3v) is 8.13. The van der Waals surface area contributed by atoms with Crippen LogP contribution in [0.5, 0.6) is 0 Å². The van der Waals surface area contributed by atoms with Gasteiger partial charge in [-0.05, 0) is 62.2 Å². The van der Waals surface area contributed by atoms with E-state index >= 15 is 0 Å². The Bertz CT molecular complexity index is 1540. The summed E-state index contributed by atoms with van der Waals surface area (Å²) < 4.78 is 19.6. The van der Waals surface area contributed by atoms with E-state index in [1.165, 1.54) is 28.8 Å². The zero-order valence-electron chi connectivity index (χ0n) is 20.2. The number of thioether (sulfide) groups is 1. The van der Waals surface area contributed by atoms with Crippen molar-refractivity contribution in [1.29, 1.82) is 0 Å². The van der Waals surface area contributed by atoms with Crippen LogP contribution in [0.25, 0.3) is 5.76 Å². The lowest BCUT2D eigenvalue weighted by atomic mass is 9.96. The zero-order valence-corrected chi connectivity index (χ0v) is 21.8. The Morgan fingerprint density at radius 1 is 1.08 bits per heavy atom. The predicted octanol–water partition coefficient (Wildman–Crippen LogP) is 6.11. The van der Waals surface area contributed by atoms with Crippen molar-refractivity contribution in [2.24, 2.45) is 0 Å². The lowest BCUT2D eigenvalue weighted by Crippen LogP contribution is -2.29. The number of aromatic nitrogens is 2. The van der Waals surface area contributed by atoms with E-state index in [1.807, 2.05) is 26.0 Å². The van der Waals surface area contributed by atoms with Gasteiger partial charge < -0.3 is 9.52 Å². The highest BCUT2D eigenvalue weighted by atomic mass is 32.2. The van der Waals surface area contributed by atoms with Gasteiger partial charge in [-0.3, -0.25) is 14.5 Å². The van der Waals surface area contributed by atoms with Crippen molar-refractivity contribution in [2.45, 2.75) is 36.9 Å². The van der Waals surface area contributed by atoms with Gasteiger partial charge in [0.25, 0.3) is 5.78 Å². The minimum Gasteiger partial charge on any atom is -0.507 e. The molecule has 0 radical (unpaired) electrons. The maximum absolute atomic E-state index is 13.3. The maximum Gasteiger partial charge on any atom is 0.302 e. The lowest BCUT2D eigenvalue weighted by molar-refractivity contribution is -0.132. The Morgan fingerprint density at radius 2 is 1.84 bits per heavy atom. The first-order valence-corrected chi connectivity index (χ1v) is 13.2. The Morgan fingerprint density at radius 3 is 2.54 bits per heavy atom. The molecule has 3 heterocycles. The number of hydrogen-bond donors (Lipinski definition) is 1. The SMILES string of the molecule is Cc1ccc(C)c(/C(O)=C2\C(=O)C(=O)N(c3nnc(SCc4ccc(F)cc4)s3)C2c2ccc(C)o2)c1. The molecule has 2 aromatic heterocycles. The zero-order chi connectivity index (χ0) is 26.3. The monoisotopic (exact) mass is 535 g/mol. The van der Waals surface area contributed by atoms with Gasteiger partial charge in [-0.2, -0.15) is 0 Å². The number of halogens is 1. The summed E-state index contributed by atoms with van der Waals surface area (Å²) in [4.78, 5) is 27.8. The van der Waals surface area contributed by atoms with Crippen molar-refractivity contribution < 1.29 is 23.5 Å². The fraction of sp³-hybridized carbons (Fsp3) is 0.185. The Labute approximate surface area is 220 Å². The van der Waals surface area contributed by atoms with Gasteiger partial charge in [-0.15, -0.1) is 10.2 Å². The second-order valence-electron chi connectivity index (χ2n) is 8.70. The summed E-state index contributed by atoms with van der Waals surface area (Å²) in [5.41, 5.74) is 2.98. The van der Waals surface area contributed by atoms with Crippen LogP contribution in [0.1, 0.15) is 39.8 Å². The summed E-state index contributed by atoms with van der Waals surface area (Å²) in [6, 6.07) is 14.1. The molecule has 1 amide bonds. The van der Waals surface area contributed by atoms with Crippen LogP contribution in [-0.4, -0.2) is 27.0 Å². The topological polar surface area (TPSA) is 96.5 Å². The Kier molecular flexibility index (Phi) is 6.70. The first kappa shape index (κ1) is 24.9. The van der Waals surface area contributed by atoms with E-state index in [4.69, 9.17) is 4.42 Å². The van der Waals surface area contributed by atoms with Gasteiger partial charge in [-0.25, -0.2) is 4.39 Å². The second-order valence-corrected chi connectivity index (χ2v) is 10.9. The highest BCUT2D eigenvalue weighted by molar-refractivity contribution is 8.00. The number of rotatable bonds is 6. The smallest absolute Gasteiger partial charge is 0.302 e. The van der Waals surface area contributed by atoms with E-state index in [0.29, 0.717) is 27.2 Å². The van der Waals surface area contributed by atoms with E-state index < -0.39 is 17.7 Å². The number of carbonyl (C=O) groups is 2. The van der Waals surface area contributed by atoms with E-state index in [1.54, 1.807) is 37.3 Å². The fourth-order valence-corrected chi connectivity index (χ4v) is 5.94. The van der Waals surface area contributed by atoms with Gasteiger partial charge in [0.1, 0.15) is 29.1 Å². The minimum atomic E-state index is -1.00. The number of nitrogens with zero attached hydrogens (tertiary/aromatic N) is 3. The number of aliphatic hydroxyl groups is 1. The van der Waals surface area contributed by atoms with Crippen LogP contribution in [0.15, 0.2) is 68.9 Å². The maximum atomic E-state index is 13.3. The number of ketones is 1. The molecule has 0 spiro atoms. The van der Waals surface area contributed by atoms with Crippen molar-refractivity contribution in [2.75, 3.05) is 4.90 Å². The number of carbonyl (C=O) groups excluding carboxylic acids is 2. The molecule has 37 heavy (non-hydrogen) atoms. The summed E-state index contributed by atoms with van der Waals surface area (Å²) >= 11 is 2.54. The number of furan rings is 1. The molecule has 1 atom stereocenters. The number of amides is 1. The van der Waals surface area contributed by atoms with Crippen LogP contribution in [0, 0.1) is 26.6 Å². The molecule has 10 heteroatoms. The van der Waals surface area contributed by atoms with E-state index in [-0.39, 0.29) is 22.3 Å². The number of aryl methyl sites for hydroxylation is 3. The van der Waals surface area contributed by atoms with Gasteiger partial charge in [0.15, 0.2) is 4.34 Å². The second kappa shape index (κ2) is 9.95. The molecule has 5 rings (SSSR count). The average molecular weight is 536 g/mol. The molecule has 7 nitrogen and oxygen atoms in total. The molecule has 1 saturated heterocycles. The first-order valence-electron chi connectivity index (χ1n) is 11.4. The van der Waals surface area contributed by atoms with E-state index in [0.717, 1.165) is 28.0 Å². The van der Waals surface area contributed by atoms with Crippen LogP contribution in [-0.2, 0) is 15.3 Å². The molecule has 188 valence electrons. The highest BCUT2D eigenvalue weighted by Gasteiger charge is 2.50. The fourth-order valence-electron chi connectivity index (χ4n) is 4.12. The summed E-state index contributed by atoms with van der Waals surface area (Å²) in [6.07, 6.45) is 0. The Balaban J connectivity index is 1.54. The van der Waals surface area contributed by atoms with Gasteiger partial charge in [0, 0.05) is 11.3 Å². The van der Waals surface area contributed by atoms with Gasteiger partial charge in [0.05, 0.1) is 5.57 Å². The molecule has 4 aromatic rings. The molecule has 1 N–H and O–H groups in total. The summed E-state index contributed by atoms with van der Waals surface area (Å²) in [6.45, 7) is 5.47. The molecule has 0 aliphatic carbocycles. The predicted molar refractivity (Wildman–Crippen MR) is 140 cm³/mol. The first-order chi connectivity index (χ1) is 17.7. The van der Waals surface area contributed by atoms with Crippen molar-refractivity contribution in [1.82, 2.24) is 10.2 Å². The lowest BCUT2D eigenvalue weighted by Gasteiger charge is -2.20. The summed E-state index contributed by atoms with van der Waals surface area (Å²) in [7, 11) is 0. The highest BCUT2D eigenvalue weighted by Crippen LogP contribution is 2.44. The molecule has 1 aliphatic rings. The third-order valence-electron chi connectivity index (χ3n) is 6.00. The van der Waals surface area contributed by atoms with E-state index in [9.17, 15) is 19.1 Å². The quantitative estimate of drug-likeness (QED) is 0.105. The van der Waals surface area contributed by atoms with E-state index in [2.05, 4.69) is 10.2 Å². The van der Waals surface area contributed by atoms with Crippen LogP contribution >= 0.6 is 23.1 Å². The molecule has 1 fully saturated rings. The largest absolute Gasteiger partial charge is 0.507 e. The van der Waals surface area contributed by atoms with Crippen molar-refractivity contribution in [3.05, 3.63) is 99.8 Å². The molecule has 0 saturated carbocycles. The van der Waals surface area contributed by atoms with Gasteiger partial charge in [-0.1, -0.05) is 52.9 Å². The molecule has 2 aromatic carbocycles. The number of Topliss-reactive ketones (excluding diaryl/α,β-unsaturated/α-hetero) is 1. The third kappa shape index (κ3) is 4.82. The number of benzene rings is 2. The number of anilines is 1. The molecular formula is C27H22FN3O4S2. The number of aliphatic hydroxyl groups excluding tert-OH is 1. The summed E-state index contributed by atoms with van der Waals surface area (Å²) in [5, 5.41) is 19.9. The average Bonchev–Trinajstić information content (AvgIpc) is 3.58. The van der Waals surface area contributed by atoms with Crippen molar-refractivity contribution in [3.63, 3.8) is 0 Å². The summed E-state index contributed by atoms with van der Waals surface area (Å²) in [5.74, 6) is -0.765. The van der Waals surface area contributed by atoms with Crippen molar-refractivity contribution >= 4 is 45.7 Å². The molecular weight excluding hydrogens is 513 g/mol. The van der Waals surface area contributed by atoms with Crippen LogP contribution < -0.4 is 4.90 Å². The van der Waals surface area contributed by atoms with Crippen LogP contribution in [0.4, 0.5) is 9.52 Å². The van der Waals surface area contributed by atoms with Crippen LogP contribution in [0.3, 0.4) is 0 Å². The molecule has 1 aliphatic heterocycles. The van der Waals surface area contributed by atoms with Gasteiger partial charge >= 0.3 is 5.91 Å². The van der Waals surface area contributed by atoms with Crippen LogP contribution in [0.2, 0.25) is 0 Å². The molecule has 1 unspecified atom stereocenters. The number of hydrogen-bond acceptors (Lipinski definition) is 8. The minimum absolute atomic E-state index is 0.0660. The van der Waals surface area contributed by atoms with Crippen molar-refractivity contribution in [3.8, 4) is 0 Å².